The number of fused-ring (bicyclic) bond motifs is 4. The molecule has 4 aromatic rings. The minimum Gasteiger partial charge on any atom is -0.392 e. The van der Waals surface area contributed by atoms with E-state index in [0.29, 0.717) is 52.9 Å². The Labute approximate surface area is 266 Å². The third kappa shape index (κ3) is 4.96. The molecule has 0 spiro atoms. The number of hydrogen-bond acceptors (Lipinski definition) is 6. The van der Waals surface area contributed by atoms with E-state index in [2.05, 4.69) is 26.9 Å². The molecule has 10 heteroatoms. The van der Waals surface area contributed by atoms with E-state index in [1.54, 1.807) is 24.2 Å². The lowest BCUT2D eigenvalue weighted by Crippen LogP contribution is -2.50. The van der Waals surface area contributed by atoms with Crippen LogP contribution >= 0.6 is 0 Å². The molecule has 5 heterocycles. The van der Waals surface area contributed by atoms with Crippen molar-refractivity contribution in [1.29, 1.82) is 0 Å². The minimum atomic E-state index is -0.518. The largest absolute Gasteiger partial charge is 0.392 e. The molecular formula is C36H38FN5O4. The van der Waals surface area contributed by atoms with Crippen molar-refractivity contribution in [2.75, 3.05) is 36.5 Å². The molecule has 4 aliphatic rings. The second kappa shape index (κ2) is 11.5. The number of carbonyl (C=O) groups is 1. The van der Waals surface area contributed by atoms with Gasteiger partial charge >= 0.3 is 0 Å². The first-order valence-corrected chi connectivity index (χ1v) is 16.3. The lowest BCUT2D eigenvalue weighted by Gasteiger charge is -2.40. The molecule has 1 aliphatic carbocycles. The Hall–Kier alpha value is -4.25. The van der Waals surface area contributed by atoms with Crippen molar-refractivity contribution in [2.24, 2.45) is 7.05 Å². The van der Waals surface area contributed by atoms with Crippen LogP contribution in [0.4, 0.5) is 21.5 Å². The fraction of sp³-hybridized carbons (Fsp3) is 0.389. The van der Waals surface area contributed by atoms with Crippen molar-refractivity contribution in [1.82, 2.24) is 14.0 Å². The number of nitrogens with one attached hydrogen (secondary N) is 1. The minimum absolute atomic E-state index is 0.189. The molecule has 0 radical (unpaired) electrons. The van der Waals surface area contributed by atoms with E-state index in [-0.39, 0.29) is 11.5 Å². The second-order valence-electron chi connectivity index (χ2n) is 13.0. The van der Waals surface area contributed by atoms with E-state index in [4.69, 9.17) is 4.74 Å². The molecule has 46 heavy (non-hydrogen) atoms. The number of aryl methyl sites for hydroxylation is 2. The summed E-state index contributed by atoms with van der Waals surface area (Å²) >= 11 is 0. The van der Waals surface area contributed by atoms with Gasteiger partial charge in [0.25, 0.3) is 11.5 Å². The first-order valence-electron chi connectivity index (χ1n) is 16.3. The Bertz CT molecular complexity index is 1930. The summed E-state index contributed by atoms with van der Waals surface area (Å²) in [5.41, 5.74) is 8.36. The molecule has 2 N–H and O–H groups in total. The maximum absolute atomic E-state index is 15.4. The molecule has 2 aromatic carbocycles. The number of rotatable bonds is 6. The monoisotopic (exact) mass is 623 g/mol. The quantitative estimate of drug-likeness (QED) is 0.328. The van der Waals surface area contributed by atoms with Gasteiger partial charge in [0.15, 0.2) is 0 Å². The van der Waals surface area contributed by atoms with Crippen molar-refractivity contribution in [3.8, 4) is 11.1 Å². The van der Waals surface area contributed by atoms with Gasteiger partial charge in [-0.3, -0.25) is 14.5 Å². The van der Waals surface area contributed by atoms with Crippen LogP contribution in [0.5, 0.6) is 0 Å². The first-order chi connectivity index (χ1) is 22.4. The van der Waals surface area contributed by atoms with Crippen LogP contribution in [-0.2, 0) is 50.7 Å². The molecule has 0 unspecified atom stereocenters. The van der Waals surface area contributed by atoms with Gasteiger partial charge in [-0.05, 0) is 90.8 Å². The van der Waals surface area contributed by atoms with Crippen LogP contribution in [-0.4, -0.2) is 57.4 Å². The summed E-state index contributed by atoms with van der Waals surface area (Å²) in [5.74, 6) is -0.706. The van der Waals surface area contributed by atoms with Gasteiger partial charge < -0.3 is 29.2 Å². The van der Waals surface area contributed by atoms with E-state index in [9.17, 15) is 14.7 Å². The van der Waals surface area contributed by atoms with Gasteiger partial charge in [0, 0.05) is 61.9 Å². The summed E-state index contributed by atoms with van der Waals surface area (Å²) in [5, 5.41) is 14.0. The number of nitrogens with zero attached hydrogens (tertiary/aromatic N) is 4. The molecule has 3 aliphatic heterocycles. The smallest absolute Gasteiger partial charge is 0.274 e. The van der Waals surface area contributed by atoms with Gasteiger partial charge in [0.2, 0.25) is 0 Å². The summed E-state index contributed by atoms with van der Waals surface area (Å²) in [6.07, 6.45) is 6.75. The van der Waals surface area contributed by atoms with Gasteiger partial charge in [-0.2, -0.15) is 0 Å². The lowest BCUT2D eigenvalue weighted by molar-refractivity contribution is -0.0694. The number of aromatic nitrogens is 2. The van der Waals surface area contributed by atoms with Crippen LogP contribution in [0.3, 0.4) is 0 Å². The van der Waals surface area contributed by atoms with Gasteiger partial charge in [-0.15, -0.1) is 0 Å². The molecule has 0 atom stereocenters. The summed E-state index contributed by atoms with van der Waals surface area (Å²) in [6, 6.07) is 13.1. The number of halogens is 1. The van der Waals surface area contributed by atoms with Crippen LogP contribution in [0, 0.1) is 5.82 Å². The Morgan fingerprint density at radius 2 is 1.80 bits per heavy atom. The maximum atomic E-state index is 15.4. The van der Waals surface area contributed by atoms with Gasteiger partial charge in [0.05, 0.1) is 31.5 Å². The maximum Gasteiger partial charge on any atom is 0.274 e. The standard InChI is InChI=1S/C36H38FN5O4/c1-39-17-25(13-31(35(39)44)38-27-7-6-24-18-40(28-20-46-21-28)9-8-22(24)12-27)29-15-26(37)16-33(30(29)19-43)42-11-10-41-32-5-3-2-4-23(32)14-34(41)36(42)45/h6-7,12-17,28,38,43H,2-5,8-11,18-21H2,1H3. The van der Waals surface area contributed by atoms with Crippen molar-refractivity contribution >= 4 is 23.0 Å². The number of ether oxygens (including phenoxy) is 1. The second-order valence-corrected chi connectivity index (χ2v) is 13.0. The first kappa shape index (κ1) is 29.2. The molecule has 2 aromatic heterocycles. The third-order valence-corrected chi connectivity index (χ3v) is 10.2. The number of anilines is 3. The fourth-order valence-electron chi connectivity index (χ4n) is 7.66. The van der Waals surface area contributed by atoms with Crippen LogP contribution in [0.1, 0.15) is 51.3 Å². The van der Waals surface area contributed by atoms with E-state index in [0.717, 1.165) is 64.1 Å². The van der Waals surface area contributed by atoms with Crippen molar-refractivity contribution in [2.45, 2.75) is 57.8 Å². The van der Waals surface area contributed by atoms with Gasteiger partial charge in [-0.25, -0.2) is 4.39 Å². The molecule has 1 amide bonds. The molecule has 0 bridgehead atoms. The number of amides is 1. The average molecular weight is 624 g/mol. The van der Waals surface area contributed by atoms with E-state index in [1.165, 1.54) is 39.1 Å². The molecule has 9 nitrogen and oxygen atoms in total. The third-order valence-electron chi connectivity index (χ3n) is 10.2. The Balaban J connectivity index is 1.11. The van der Waals surface area contributed by atoms with Crippen LogP contribution in [0.15, 0.2) is 53.5 Å². The molecule has 238 valence electrons. The number of benzene rings is 2. The highest BCUT2D eigenvalue weighted by atomic mass is 19.1. The zero-order chi connectivity index (χ0) is 31.5. The van der Waals surface area contributed by atoms with Crippen molar-refractivity contribution in [3.05, 3.63) is 98.5 Å². The summed E-state index contributed by atoms with van der Waals surface area (Å²) in [4.78, 5) is 31.2. The van der Waals surface area contributed by atoms with Gasteiger partial charge in [0.1, 0.15) is 17.2 Å². The summed E-state index contributed by atoms with van der Waals surface area (Å²) in [7, 11) is 1.66. The summed E-state index contributed by atoms with van der Waals surface area (Å²) in [6.45, 7) is 4.06. The highest BCUT2D eigenvalue weighted by Crippen LogP contribution is 2.37. The van der Waals surface area contributed by atoms with Crippen LogP contribution < -0.4 is 15.8 Å². The van der Waals surface area contributed by atoms with Crippen molar-refractivity contribution < 1.29 is 19.0 Å². The van der Waals surface area contributed by atoms with E-state index in [1.807, 2.05) is 12.1 Å². The number of aliphatic hydroxyl groups is 1. The van der Waals surface area contributed by atoms with Crippen LogP contribution in [0.25, 0.3) is 11.1 Å². The predicted molar refractivity (Wildman–Crippen MR) is 174 cm³/mol. The summed E-state index contributed by atoms with van der Waals surface area (Å²) < 4.78 is 24.3. The molecule has 1 saturated heterocycles. The molecule has 0 saturated carbocycles. The number of hydrogen-bond donors (Lipinski definition) is 2. The normalized spacial score (nSPS) is 18.2. The zero-order valence-corrected chi connectivity index (χ0v) is 26.0. The average Bonchev–Trinajstić information content (AvgIpc) is 3.42. The van der Waals surface area contributed by atoms with Gasteiger partial charge in [-0.1, -0.05) is 6.07 Å². The fourth-order valence-corrected chi connectivity index (χ4v) is 7.66. The number of carbonyl (C=O) groups excluding carboxylic acids is 1. The number of aliphatic hydroxyl groups excluding tert-OH is 1. The SMILES string of the molecule is Cn1cc(-c2cc(F)cc(N3CCn4c(cc5c4CCCC5)C3=O)c2CO)cc(Nc2ccc3c(c2)CCN(C2COC2)C3)c1=O. The molecular weight excluding hydrogens is 585 g/mol. The highest BCUT2D eigenvalue weighted by Gasteiger charge is 2.32. The number of pyridine rings is 1. The molecule has 8 rings (SSSR count). The van der Waals surface area contributed by atoms with Crippen molar-refractivity contribution in [3.63, 3.8) is 0 Å². The lowest BCUT2D eigenvalue weighted by atomic mass is 9.97. The Morgan fingerprint density at radius 3 is 2.61 bits per heavy atom. The van der Waals surface area contributed by atoms with E-state index >= 15 is 4.39 Å². The predicted octanol–water partition coefficient (Wildman–Crippen LogP) is 4.52. The Kier molecular flexibility index (Phi) is 7.31. The van der Waals surface area contributed by atoms with Crippen LogP contribution in [0.2, 0.25) is 0 Å². The zero-order valence-electron chi connectivity index (χ0n) is 26.0. The topological polar surface area (TPSA) is 92.0 Å². The highest BCUT2D eigenvalue weighted by molar-refractivity contribution is 6.07. The van der Waals surface area contributed by atoms with E-state index < -0.39 is 12.4 Å². The Morgan fingerprint density at radius 1 is 0.957 bits per heavy atom. The molecule has 1 fully saturated rings.